The van der Waals surface area contributed by atoms with Gasteiger partial charge in [-0.05, 0) is 73.1 Å². The van der Waals surface area contributed by atoms with E-state index in [1.807, 2.05) is 49.3 Å². The molecular weight excluding hydrogens is 476 g/mol. The zero-order chi connectivity index (χ0) is 26.1. The monoisotopic (exact) mass is 508 g/mol. The summed E-state index contributed by atoms with van der Waals surface area (Å²) >= 11 is 0. The Kier molecular flexibility index (Phi) is 6.60. The molecule has 0 fully saturated rings. The van der Waals surface area contributed by atoms with Crippen LogP contribution in [0.5, 0.6) is 11.6 Å². The van der Waals surface area contributed by atoms with Crippen molar-refractivity contribution in [1.82, 2.24) is 19.8 Å². The van der Waals surface area contributed by atoms with Crippen LogP contribution in [0.3, 0.4) is 0 Å². The minimum atomic E-state index is -0.195. The number of hydrogen-bond donors (Lipinski definition) is 1. The lowest BCUT2D eigenvalue weighted by Gasteiger charge is -2.36. The van der Waals surface area contributed by atoms with E-state index in [4.69, 9.17) is 9.47 Å². The third-order valence-electron chi connectivity index (χ3n) is 7.31. The Balaban J connectivity index is 1.27. The average Bonchev–Trinajstić information content (AvgIpc) is 3.55. The number of amides is 1. The van der Waals surface area contributed by atoms with Gasteiger partial charge in [0.15, 0.2) is 0 Å². The van der Waals surface area contributed by atoms with Crippen LogP contribution in [0.1, 0.15) is 34.0 Å². The Morgan fingerprint density at radius 3 is 2.92 bits per heavy atom. The number of aromatic nitrogens is 2. The smallest absolute Gasteiger partial charge is 0.247 e. The lowest BCUT2D eigenvalue weighted by molar-refractivity contribution is -0.128. The zero-order valence-electron chi connectivity index (χ0n) is 21.8. The molecule has 0 bridgehead atoms. The molecule has 2 aliphatic rings. The minimum Gasteiger partial charge on any atom is -0.493 e. The van der Waals surface area contributed by atoms with Crippen LogP contribution in [0.25, 0.3) is 17.0 Å². The predicted octanol–water partition coefficient (Wildman–Crippen LogP) is 4.63. The Labute approximate surface area is 222 Å². The molecule has 2 aromatic heterocycles. The van der Waals surface area contributed by atoms with Crippen molar-refractivity contribution in [1.29, 1.82) is 0 Å². The molecule has 7 heteroatoms. The highest BCUT2D eigenvalue weighted by Crippen LogP contribution is 2.40. The van der Waals surface area contributed by atoms with Gasteiger partial charge < -0.3 is 24.3 Å². The maximum Gasteiger partial charge on any atom is 0.247 e. The number of likely N-dealkylation sites (N-methyl/N-ethyl adjacent to an activating group) is 1. The largest absolute Gasteiger partial charge is 0.493 e. The lowest BCUT2D eigenvalue weighted by atomic mass is 9.91. The fourth-order valence-corrected chi connectivity index (χ4v) is 5.37. The molecule has 38 heavy (non-hydrogen) atoms. The zero-order valence-corrected chi connectivity index (χ0v) is 21.8. The topological polar surface area (TPSA) is 70.7 Å². The minimum absolute atomic E-state index is 0.0256. The van der Waals surface area contributed by atoms with Crippen LogP contribution in [-0.4, -0.2) is 66.1 Å². The summed E-state index contributed by atoms with van der Waals surface area (Å²) in [6.07, 6.45) is 6.92. The van der Waals surface area contributed by atoms with E-state index in [1.54, 1.807) is 12.3 Å². The molecule has 0 aliphatic carbocycles. The molecule has 2 aromatic carbocycles. The molecule has 194 valence electrons. The molecule has 2 aliphatic heterocycles. The number of nitrogens with zero attached hydrogens (tertiary/aromatic N) is 3. The first kappa shape index (κ1) is 24.2. The van der Waals surface area contributed by atoms with Gasteiger partial charge in [0.25, 0.3) is 0 Å². The van der Waals surface area contributed by atoms with Crippen molar-refractivity contribution in [2.45, 2.75) is 18.9 Å². The summed E-state index contributed by atoms with van der Waals surface area (Å²) in [5, 5.41) is 1.23. The summed E-state index contributed by atoms with van der Waals surface area (Å²) in [5.74, 6) is 1.50. The van der Waals surface area contributed by atoms with Gasteiger partial charge in [0, 0.05) is 54.4 Å². The van der Waals surface area contributed by atoms with E-state index in [2.05, 4.69) is 45.2 Å². The van der Waals surface area contributed by atoms with Crippen molar-refractivity contribution < 1.29 is 14.3 Å². The Morgan fingerprint density at radius 2 is 2.08 bits per heavy atom. The molecule has 0 unspecified atom stereocenters. The van der Waals surface area contributed by atoms with Crippen molar-refractivity contribution >= 4 is 22.9 Å². The second-order valence-electron chi connectivity index (χ2n) is 10.1. The van der Waals surface area contributed by atoms with E-state index in [0.29, 0.717) is 25.6 Å². The molecule has 6 rings (SSSR count). The number of carbonyl (C=O) groups is 1. The Hall–Kier alpha value is -4.10. The summed E-state index contributed by atoms with van der Waals surface area (Å²) in [6.45, 7) is 2.76. The van der Waals surface area contributed by atoms with Gasteiger partial charge >= 0.3 is 0 Å². The fraction of sp³-hybridized carbons (Fsp3) is 0.290. The molecule has 4 heterocycles. The summed E-state index contributed by atoms with van der Waals surface area (Å²) < 4.78 is 11.4. The van der Waals surface area contributed by atoms with Gasteiger partial charge in [0.05, 0.1) is 12.6 Å². The maximum atomic E-state index is 13.6. The van der Waals surface area contributed by atoms with Crippen molar-refractivity contribution in [3.63, 3.8) is 0 Å². The van der Waals surface area contributed by atoms with Gasteiger partial charge in [0.1, 0.15) is 12.4 Å². The van der Waals surface area contributed by atoms with E-state index in [9.17, 15) is 4.79 Å². The molecule has 0 spiro atoms. The van der Waals surface area contributed by atoms with E-state index >= 15 is 0 Å². The van der Waals surface area contributed by atoms with Gasteiger partial charge in [-0.2, -0.15) is 0 Å². The van der Waals surface area contributed by atoms with Crippen molar-refractivity contribution in [3.8, 4) is 11.6 Å². The van der Waals surface area contributed by atoms with E-state index in [-0.39, 0.29) is 11.9 Å². The van der Waals surface area contributed by atoms with Crippen molar-refractivity contribution in [2.75, 3.05) is 40.4 Å². The van der Waals surface area contributed by atoms with Gasteiger partial charge in [-0.15, -0.1) is 0 Å². The molecule has 0 saturated heterocycles. The highest BCUT2D eigenvalue weighted by atomic mass is 16.5. The predicted molar refractivity (Wildman–Crippen MR) is 149 cm³/mol. The van der Waals surface area contributed by atoms with Gasteiger partial charge in [-0.3, -0.25) is 4.79 Å². The van der Waals surface area contributed by atoms with Crippen LogP contribution in [0.15, 0.2) is 66.9 Å². The van der Waals surface area contributed by atoms with Crippen LogP contribution in [0.2, 0.25) is 0 Å². The number of ether oxygens (including phenoxy) is 2. The fourth-order valence-electron chi connectivity index (χ4n) is 5.37. The molecule has 1 amide bonds. The Morgan fingerprint density at radius 1 is 1.18 bits per heavy atom. The SMILES string of the molecule is CN(C)CCOc1ccc(/C=C/C(=O)N2CCc3c([nH]c4ccccc34)[C@H]2c2ccc3c(c2)CCO3)cn1. The van der Waals surface area contributed by atoms with E-state index in [0.717, 1.165) is 47.5 Å². The third-order valence-corrected chi connectivity index (χ3v) is 7.31. The molecular formula is C31H32N4O3. The normalized spacial score (nSPS) is 16.6. The molecule has 1 atom stereocenters. The highest BCUT2D eigenvalue weighted by molar-refractivity contribution is 5.93. The number of benzene rings is 2. The number of carbonyl (C=O) groups excluding carboxylic acids is 1. The number of hydrogen-bond acceptors (Lipinski definition) is 5. The highest BCUT2D eigenvalue weighted by Gasteiger charge is 2.34. The number of nitrogens with one attached hydrogen (secondary N) is 1. The number of fused-ring (bicyclic) bond motifs is 4. The van der Waals surface area contributed by atoms with Crippen LogP contribution in [0, 0.1) is 0 Å². The number of rotatable bonds is 7. The molecule has 4 aromatic rings. The molecule has 0 radical (unpaired) electrons. The molecule has 1 N–H and O–H groups in total. The van der Waals surface area contributed by atoms with Crippen LogP contribution < -0.4 is 9.47 Å². The van der Waals surface area contributed by atoms with Gasteiger partial charge in [0.2, 0.25) is 11.8 Å². The summed E-state index contributed by atoms with van der Waals surface area (Å²) in [7, 11) is 4.01. The molecule has 0 saturated carbocycles. The van der Waals surface area contributed by atoms with Crippen molar-refractivity contribution in [2.24, 2.45) is 0 Å². The second kappa shape index (κ2) is 10.3. The lowest BCUT2D eigenvalue weighted by Crippen LogP contribution is -2.39. The quantitative estimate of drug-likeness (QED) is 0.369. The van der Waals surface area contributed by atoms with E-state index < -0.39 is 0 Å². The second-order valence-corrected chi connectivity index (χ2v) is 10.1. The standard InChI is InChI=1S/C31H32N4O3/c1-34(2)16-18-38-28-11-7-21(20-32-28)8-12-29(36)35-15-13-25-24-5-3-4-6-26(24)33-30(25)31(35)23-9-10-27-22(19-23)14-17-37-27/h3-12,19-20,31,33H,13-18H2,1-2H3/b12-8+/t31-/m1/s1. The summed E-state index contributed by atoms with van der Waals surface area (Å²) in [5.41, 5.74) is 6.66. The first-order valence-corrected chi connectivity index (χ1v) is 13.1. The third kappa shape index (κ3) is 4.77. The number of para-hydroxylation sites is 1. The van der Waals surface area contributed by atoms with Crippen LogP contribution in [-0.2, 0) is 17.6 Å². The first-order chi connectivity index (χ1) is 18.6. The maximum absolute atomic E-state index is 13.6. The van der Waals surface area contributed by atoms with Gasteiger partial charge in [-0.1, -0.05) is 24.3 Å². The Bertz CT molecular complexity index is 1490. The number of pyridine rings is 1. The first-order valence-electron chi connectivity index (χ1n) is 13.1. The summed E-state index contributed by atoms with van der Waals surface area (Å²) in [6, 6.07) is 18.3. The molecule has 7 nitrogen and oxygen atoms in total. The summed E-state index contributed by atoms with van der Waals surface area (Å²) in [4.78, 5) is 25.7. The number of aromatic amines is 1. The van der Waals surface area contributed by atoms with Gasteiger partial charge in [-0.25, -0.2) is 4.98 Å². The average molecular weight is 509 g/mol. The van der Waals surface area contributed by atoms with Crippen LogP contribution >= 0.6 is 0 Å². The number of H-pyrrole nitrogens is 1. The van der Waals surface area contributed by atoms with Crippen LogP contribution in [0.4, 0.5) is 0 Å². The van der Waals surface area contributed by atoms with E-state index in [1.165, 1.54) is 16.5 Å². The van der Waals surface area contributed by atoms with Crippen molar-refractivity contribution in [3.05, 3.63) is 94.8 Å².